The third-order valence-electron chi connectivity index (χ3n) is 3.57. The Balaban J connectivity index is 3.19. The molecule has 0 spiro atoms. The minimum atomic E-state index is -3.39. The third-order valence-corrected chi connectivity index (χ3v) is 5.63. The fourth-order valence-electron chi connectivity index (χ4n) is 2.02. The minimum absolute atomic E-state index is 0.426. The van der Waals surface area contributed by atoms with Crippen LogP contribution in [0.15, 0.2) is 17.0 Å². The molecule has 20 heavy (non-hydrogen) atoms. The van der Waals surface area contributed by atoms with Crippen molar-refractivity contribution in [2.75, 3.05) is 20.1 Å². The lowest BCUT2D eigenvalue weighted by Gasteiger charge is -2.19. The van der Waals surface area contributed by atoms with E-state index in [1.54, 1.807) is 13.1 Å². The predicted molar refractivity (Wildman–Crippen MR) is 83.4 cm³/mol. The van der Waals surface area contributed by atoms with Gasteiger partial charge in [0.2, 0.25) is 10.0 Å². The number of nitrogens with one attached hydrogen (secondary N) is 1. The molecule has 1 rings (SSSR count). The van der Waals surface area contributed by atoms with Gasteiger partial charge < -0.3 is 5.32 Å². The number of sulfonamides is 1. The van der Waals surface area contributed by atoms with Crippen LogP contribution in [-0.2, 0) is 16.6 Å². The lowest BCUT2D eigenvalue weighted by molar-refractivity contribution is 0.485. The highest BCUT2D eigenvalue weighted by Gasteiger charge is 2.22. The number of hydrogen-bond donors (Lipinski definition) is 1. The van der Waals surface area contributed by atoms with Gasteiger partial charge in [-0.2, -0.15) is 0 Å². The first-order valence-electron chi connectivity index (χ1n) is 7.11. The first kappa shape index (κ1) is 17.1. The number of aryl methyl sites for hydroxylation is 1. The highest BCUT2D eigenvalue weighted by molar-refractivity contribution is 7.89. The molecule has 5 heteroatoms. The lowest BCUT2D eigenvalue weighted by Crippen LogP contribution is -2.27. The third kappa shape index (κ3) is 3.81. The average molecular weight is 298 g/mol. The van der Waals surface area contributed by atoms with Crippen LogP contribution < -0.4 is 5.32 Å². The van der Waals surface area contributed by atoms with E-state index in [0.717, 1.165) is 29.7 Å². The minimum Gasteiger partial charge on any atom is -0.313 e. The molecule has 0 saturated heterocycles. The molecular weight excluding hydrogens is 272 g/mol. The Morgan fingerprint density at radius 2 is 1.85 bits per heavy atom. The van der Waals surface area contributed by atoms with Gasteiger partial charge in [0.15, 0.2) is 0 Å². The molecule has 114 valence electrons. The van der Waals surface area contributed by atoms with Crippen molar-refractivity contribution in [3.8, 4) is 0 Å². The van der Waals surface area contributed by atoms with Crippen LogP contribution >= 0.6 is 0 Å². The van der Waals surface area contributed by atoms with Crippen molar-refractivity contribution in [1.29, 1.82) is 0 Å². The summed E-state index contributed by atoms with van der Waals surface area (Å²) in [4.78, 5) is 0.426. The molecule has 0 bridgehead atoms. The van der Waals surface area contributed by atoms with Crippen LogP contribution in [0.2, 0.25) is 0 Å². The van der Waals surface area contributed by atoms with Gasteiger partial charge in [0.25, 0.3) is 0 Å². The van der Waals surface area contributed by atoms with E-state index >= 15 is 0 Å². The Kier molecular flexibility index (Phi) is 6.17. The number of nitrogens with zero attached hydrogens (tertiary/aromatic N) is 1. The summed E-state index contributed by atoms with van der Waals surface area (Å²) in [5, 5.41) is 3.31. The maximum Gasteiger partial charge on any atom is 0.243 e. The predicted octanol–water partition coefficient (Wildman–Crippen LogP) is 2.44. The maximum atomic E-state index is 12.5. The van der Waals surface area contributed by atoms with Gasteiger partial charge in [-0.05, 0) is 49.6 Å². The van der Waals surface area contributed by atoms with Crippen LogP contribution in [0.5, 0.6) is 0 Å². The van der Waals surface area contributed by atoms with Crippen LogP contribution in [-0.4, -0.2) is 32.9 Å². The Morgan fingerprint density at radius 3 is 2.40 bits per heavy atom. The van der Waals surface area contributed by atoms with Gasteiger partial charge >= 0.3 is 0 Å². The molecule has 0 unspecified atom stereocenters. The lowest BCUT2D eigenvalue weighted by atomic mass is 10.1. The SMILES string of the molecule is CCCNCc1cc(C)c(C)c(S(=O)(=O)N(C)CC)c1. The van der Waals surface area contributed by atoms with Crippen LogP contribution in [0.1, 0.15) is 37.0 Å². The Bertz CT molecular complexity index is 553. The molecule has 0 saturated carbocycles. The summed E-state index contributed by atoms with van der Waals surface area (Å²) in [6, 6.07) is 3.86. The summed E-state index contributed by atoms with van der Waals surface area (Å²) in [5.74, 6) is 0. The van der Waals surface area contributed by atoms with Crippen molar-refractivity contribution in [3.63, 3.8) is 0 Å². The Morgan fingerprint density at radius 1 is 1.20 bits per heavy atom. The van der Waals surface area contributed by atoms with Crippen molar-refractivity contribution in [1.82, 2.24) is 9.62 Å². The van der Waals surface area contributed by atoms with Crippen LogP contribution in [0.3, 0.4) is 0 Å². The molecule has 0 aliphatic carbocycles. The van der Waals surface area contributed by atoms with E-state index in [4.69, 9.17) is 0 Å². The van der Waals surface area contributed by atoms with Gasteiger partial charge in [-0.15, -0.1) is 0 Å². The van der Waals surface area contributed by atoms with Gasteiger partial charge in [0, 0.05) is 20.1 Å². The molecule has 1 aromatic rings. The highest BCUT2D eigenvalue weighted by atomic mass is 32.2. The molecule has 1 aromatic carbocycles. The molecule has 0 aliphatic heterocycles. The van der Waals surface area contributed by atoms with Crippen molar-refractivity contribution in [2.24, 2.45) is 0 Å². The molecule has 0 amide bonds. The molecule has 0 fully saturated rings. The van der Waals surface area contributed by atoms with Gasteiger partial charge in [-0.1, -0.05) is 19.9 Å². The van der Waals surface area contributed by atoms with Crippen molar-refractivity contribution in [2.45, 2.75) is 45.6 Å². The van der Waals surface area contributed by atoms with E-state index < -0.39 is 10.0 Å². The first-order chi connectivity index (χ1) is 9.34. The summed E-state index contributed by atoms with van der Waals surface area (Å²) in [7, 11) is -1.77. The van der Waals surface area contributed by atoms with E-state index in [9.17, 15) is 8.42 Å². The van der Waals surface area contributed by atoms with Gasteiger partial charge in [0.05, 0.1) is 4.90 Å². The Labute approximate surface area is 123 Å². The number of benzene rings is 1. The molecule has 0 aliphatic rings. The summed E-state index contributed by atoms with van der Waals surface area (Å²) in [5.41, 5.74) is 2.87. The molecule has 1 N–H and O–H groups in total. The van der Waals surface area contributed by atoms with Crippen molar-refractivity contribution < 1.29 is 8.42 Å². The maximum absolute atomic E-state index is 12.5. The molecule has 0 aromatic heterocycles. The second-order valence-corrected chi connectivity index (χ2v) is 7.15. The second kappa shape index (κ2) is 7.20. The van der Waals surface area contributed by atoms with Crippen molar-refractivity contribution in [3.05, 3.63) is 28.8 Å². The van der Waals surface area contributed by atoms with Crippen LogP contribution in [0.4, 0.5) is 0 Å². The van der Waals surface area contributed by atoms with Gasteiger partial charge in [0.1, 0.15) is 0 Å². The zero-order chi connectivity index (χ0) is 15.3. The normalized spacial score (nSPS) is 12.1. The first-order valence-corrected chi connectivity index (χ1v) is 8.55. The summed E-state index contributed by atoms with van der Waals surface area (Å²) in [6.07, 6.45) is 1.06. The quantitative estimate of drug-likeness (QED) is 0.787. The zero-order valence-corrected chi connectivity index (χ0v) is 14.0. The second-order valence-electron chi connectivity index (χ2n) is 5.13. The largest absolute Gasteiger partial charge is 0.313 e. The topological polar surface area (TPSA) is 49.4 Å². The summed E-state index contributed by atoms with van der Waals surface area (Å²) in [6.45, 7) is 9.89. The molecule has 0 radical (unpaired) electrons. The molecule has 0 heterocycles. The standard InChI is InChI=1S/C15H26N2O2S/c1-6-8-16-11-14-9-12(3)13(4)15(10-14)20(18,19)17(5)7-2/h9-10,16H,6-8,11H2,1-5H3. The highest BCUT2D eigenvalue weighted by Crippen LogP contribution is 2.23. The van der Waals surface area contributed by atoms with Crippen LogP contribution in [0, 0.1) is 13.8 Å². The molecular formula is C15H26N2O2S. The Hall–Kier alpha value is -0.910. The molecule has 4 nitrogen and oxygen atoms in total. The van der Waals surface area contributed by atoms with E-state index in [0.29, 0.717) is 18.0 Å². The van der Waals surface area contributed by atoms with E-state index in [-0.39, 0.29) is 0 Å². The van der Waals surface area contributed by atoms with Gasteiger partial charge in [-0.25, -0.2) is 12.7 Å². The average Bonchev–Trinajstić information content (AvgIpc) is 2.41. The van der Waals surface area contributed by atoms with E-state index in [1.807, 2.05) is 20.8 Å². The number of rotatable bonds is 7. The summed E-state index contributed by atoms with van der Waals surface area (Å²) >= 11 is 0. The fraction of sp³-hybridized carbons (Fsp3) is 0.600. The summed E-state index contributed by atoms with van der Waals surface area (Å²) < 4.78 is 26.4. The monoisotopic (exact) mass is 298 g/mol. The van der Waals surface area contributed by atoms with Gasteiger partial charge in [-0.3, -0.25) is 0 Å². The van der Waals surface area contributed by atoms with Crippen molar-refractivity contribution >= 4 is 10.0 Å². The smallest absolute Gasteiger partial charge is 0.243 e. The number of hydrogen-bond acceptors (Lipinski definition) is 3. The van der Waals surface area contributed by atoms with E-state index in [2.05, 4.69) is 18.3 Å². The van der Waals surface area contributed by atoms with E-state index in [1.165, 1.54) is 4.31 Å². The van der Waals surface area contributed by atoms with Crippen LogP contribution in [0.25, 0.3) is 0 Å². The fourth-order valence-corrected chi connectivity index (χ4v) is 3.54. The zero-order valence-electron chi connectivity index (χ0n) is 13.2. The molecule has 0 atom stereocenters.